The Balaban J connectivity index is 1.60. The van der Waals surface area contributed by atoms with E-state index in [2.05, 4.69) is 25.5 Å². The lowest BCUT2D eigenvalue weighted by Crippen LogP contribution is -2.39. The molecule has 0 atom stereocenters. The molecule has 1 aliphatic heterocycles. The van der Waals surface area contributed by atoms with Crippen LogP contribution in [0.4, 0.5) is 0 Å². The second-order valence-electron chi connectivity index (χ2n) is 7.82. The highest BCUT2D eigenvalue weighted by atomic mass is 16.2. The van der Waals surface area contributed by atoms with Crippen LogP contribution >= 0.6 is 0 Å². The van der Waals surface area contributed by atoms with Crippen LogP contribution in [-0.2, 0) is 36.1 Å². The van der Waals surface area contributed by atoms with Crippen molar-refractivity contribution in [2.75, 3.05) is 13.1 Å². The summed E-state index contributed by atoms with van der Waals surface area (Å²) < 4.78 is 2.18. The van der Waals surface area contributed by atoms with Crippen LogP contribution in [0.1, 0.15) is 55.9 Å². The molecule has 0 N–H and O–H groups in total. The number of aromatic nitrogens is 2. The molecule has 2 heterocycles. The van der Waals surface area contributed by atoms with Crippen molar-refractivity contribution < 1.29 is 9.59 Å². The summed E-state index contributed by atoms with van der Waals surface area (Å²) in [6.07, 6.45) is 1.17. The van der Waals surface area contributed by atoms with Crippen molar-refractivity contribution in [1.29, 1.82) is 0 Å². The van der Waals surface area contributed by atoms with Gasteiger partial charge in [-0.05, 0) is 5.56 Å². The van der Waals surface area contributed by atoms with E-state index in [4.69, 9.17) is 4.98 Å². The fourth-order valence-corrected chi connectivity index (χ4v) is 3.82. The number of carbonyl (C=O) groups is 2. The molecule has 28 heavy (non-hydrogen) atoms. The number of imidazole rings is 1. The molecule has 0 aliphatic carbocycles. The van der Waals surface area contributed by atoms with E-state index in [9.17, 15) is 9.59 Å². The van der Waals surface area contributed by atoms with Crippen molar-refractivity contribution in [3.63, 3.8) is 0 Å². The summed E-state index contributed by atoms with van der Waals surface area (Å²) in [5.74, 6) is 1.51. The topological polar surface area (TPSA) is 58.4 Å². The van der Waals surface area contributed by atoms with Crippen LogP contribution in [0.2, 0.25) is 0 Å². The third-order valence-electron chi connectivity index (χ3n) is 5.42. The molecule has 3 rings (SSSR count). The summed E-state index contributed by atoms with van der Waals surface area (Å²) in [4.78, 5) is 33.1. The summed E-state index contributed by atoms with van der Waals surface area (Å²) in [7, 11) is 2.06. The van der Waals surface area contributed by atoms with Gasteiger partial charge in [0, 0.05) is 58.1 Å². The molecule has 6 nitrogen and oxygen atoms in total. The van der Waals surface area contributed by atoms with Crippen LogP contribution in [0.5, 0.6) is 0 Å². The Morgan fingerprint density at radius 1 is 1.21 bits per heavy atom. The molecular weight excluding hydrogens is 352 g/mol. The number of benzene rings is 1. The van der Waals surface area contributed by atoms with E-state index in [1.165, 1.54) is 5.69 Å². The molecule has 1 aliphatic rings. The predicted octanol–water partition coefficient (Wildman–Crippen LogP) is 2.87. The first-order chi connectivity index (χ1) is 13.4. The van der Waals surface area contributed by atoms with E-state index in [1.54, 1.807) is 11.8 Å². The van der Waals surface area contributed by atoms with Gasteiger partial charge in [-0.25, -0.2) is 4.98 Å². The molecule has 0 fully saturated rings. The number of rotatable bonds is 6. The molecule has 2 aromatic rings. The predicted molar refractivity (Wildman–Crippen MR) is 109 cm³/mol. The zero-order chi connectivity index (χ0) is 20.3. The highest BCUT2D eigenvalue weighted by Crippen LogP contribution is 2.23. The van der Waals surface area contributed by atoms with Crippen LogP contribution in [0, 0.1) is 0 Å². The Labute approximate surface area is 167 Å². The lowest BCUT2D eigenvalue weighted by molar-refractivity contribution is -0.134. The molecule has 0 saturated heterocycles. The molecule has 2 amide bonds. The Hall–Kier alpha value is -2.63. The SMILES string of the molecule is CC(=O)N(CCC(=O)N1CCc2c(nc(C(C)C)n2C)C1)Cc1ccccc1. The van der Waals surface area contributed by atoms with Gasteiger partial charge in [0.1, 0.15) is 5.82 Å². The van der Waals surface area contributed by atoms with Gasteiger partial charge in [-0.3, -0.25) is 9.59 Å². The first-order valence-corrected chi connectivity index (χ1v) is 9.98. The number of carbonyl (C=O) groups excluding carboxylic acids is 2. The minimum Gasteiger partial charge on any atom is -0.338 e. The number of hydrogen-bond donors (Lipinski definition) is 0. The molecule has 1 aromatic heterocycles. The van der Waals surface area contributed by atoms with Crippen LogP contribution in [0.3, 0.4) is 0 Å². The highest BCUT2D eigenvalue weighted by Gasteiger charge is 2.26. The minimum absolute atomic E-state index is 0.0103. The highest BCUT2D eigenvalue weighted by molar-refractivity contribution is 5.78. The van der Waals surface area contributed by atoms with Crippen molar-refractivity contribution in [2.45, 2.75) is 52.6 Å². The Morgan fingerprint density at radius 3 is 2.57 bits per heavy atom. The summed E-state index contributed by atoms with van der Waals surface area (Å²) in [5, 5.41) is 0. The van der Waals surface area contributed by atoms with Crippen molar-refractivity contribution in [3.05, 3.63) is 53.1 Å². The van der Waals surface area contributed by atoms with Gasteiger partial charge in [0.2, 0.25) is 11.8 Å². The van der Waals surface area contributed by atoms with Crippen LogP contribution in [0.25, 0.3) is 0 Å². The normalized spacial score (nSPS) is 13.5. The van der Waals surface area contributed by atoms with Crippen LogP contribution < -0.4 is 0 Å². The van der Waals surface area contributed by atoms with Crippen molar-refractivity contribution in [1.82, 2.24) is 19.4 Å². The van der Waals surface area contributed by atoms with Gasteiger partial charge in [0.05, 0.1) is 12.2 Å². The van der Waals surface area contributed by atoms with Gasteiger partial charge in [0.15, 0.2) is 0 Å². The first kappa shape index (κ1) is 20.1. The number of amides is 2. The number of nitrogens with zero attached hydrogens (tertiary/aromatic N) is 4. The van der Waals surface area contributed by atoms with E-state index in [0.29, 0.717) is 38.5 Å². The van der Waals surface area contributed by atoms with E-state index < -0.39 is 0 Å². The molecule has 1 aromatic carbocycles. The third kappa shape index (κ3) is 4.43. The van der Waals surface area contributed by atoms with Gasteiger partial charge < -0.3 is 14.4 Å². The van der Waals surface area contributed by atoms with Gasteiger partial charge >= 0.3 is 0 Å². The van der Waals surface area contributed by atoms with Crippen molar-refractivity contribution in [3.8, 4) is 0 Å². The summed E-state index contributed by atoms with van der Waals surface area (Å²) in [5.41, 5.74) is 3.32. The van der Waals surface area contributed by atoms with E-state index in [0.717, 1.165) is 23.5 Å². The van der Waals surface area contributed by atoms with Gasteiger partial charge in [-0.15, -0.1) is 0 Å². The Morgan fingerprint density at radius 2 is 1.93 bits per heavy atom. The second kappa shape index (κ2) is 8.59. The fourth-order valence-electron chi connectivity index (χ4n) is 3.82. The lowest BCUT2D eigenvalue weighted by atomic mass is 10.1. The first-order valence-electron chi connectivity index (χ1n) is 9.98. The summed E-state index contributed by atoms with van der Waals surface area (Å²) in [6, 6.07) is 9.87. The average Bonchev–Trinajstić information content (AvgIpc) is 3.01. The maximum atomic E-state index is 12.8. The van der Waals surface area contributed by atoms with Crippen LogP contribution in [-0.4, -0.2) is 44.3 Å². The molecular formula is C22H30N4O2. The second-order valence-corrected chi connectivity index (χ2v) is 7.82. The molecule has 0 radical (unpaired) electrons. The third-order valence-corrected chi connectivity index (χ3v) is 5.42. The van der Waals surface area contributed by atoms with E-state index in [-0.39, 0.29) is 11.8 Å². The van der Waals surface area contributed by atoms with E-state index >= 15 is 0 Å². The molecule has 0 spiro atoms. The van der Waals surface area contributed by atoms with E-state index in [1.807, 2.05) is 35.2 Å². The number of fused-ring (bicyclic) bond motifs is 1. The Kier molecular flexibility index (Phi) is 6.17. The zero-order valence-corrected chi connectivity index (χ0v) is 17.3. The molecule has 150 valence electrons. The molecule has 0 unspecified atom stereocenters. The maximum Gasteiger partial charge on any atom is 0.224 e. The van der Waals surface area contributed by atoms with Gasteiger partial charge in [0.25, 0.3) is 0 Å². The quantitative estimate of drug-likeness (QED) is 0.772. The summed E-state index contributed by atoms with van der Waals surface area (Å²) >= 11 is 0. The summed E-state index contributed by atoms with van der Waals surface area (Å²) in [6.45, 7) is 8.08. The van der Waals surface area contributed by atoms with Crippen molar-refractivity contribution >= 4 is 11.8 Å². The zero-order valence-electron chi connectivity index (χ0n) is 17.3. The van der Waals surface area contributed by atoms with Crippen LogP contribution in [0.15, 0.2) is 30.3 Å². The fraction of sp³-hybridized carbons (Fsp3) is 0.500. The largest absolute Gasteiger partial charge is 0.338 e. The Bertz CT molecular complexity index is 842. The lowest BCUT2D eigenvalue weighted by Gasteiger charge is -2.28. The van der Waals surface area contributed by atoms with Gasteiger partial charge in [-0.1, -0.05) is 44.2 Å². The maximum absolute atomic E-state index is 12.8. The monoisotopic (exact) mass is 382 g/mol. The minimum atomic E-state index is -0.0103. The molecule has 6 heteroatoms. The van der Waals surface area contributed by atoms with Gasteiger partial charge in [-0.2, -0.15) is 0 Å². The molecule has 0 bridgehead atoms. The smallest absolute Gasteiger partial charge is 0.224 e. The average molecular weight is 383 g/mol. The standard InChI is InChI=1S/C22H30N4O2/c1-16(2)22-23-19-15-26(12-10-20(19)24(22)4)21(28)11-13-25(17(3)27)14-18-8-6-5-7-9-18/h5-9,16H,10-15H2,1-4H3. The number of hydrogen-bond acceptors (Lipinski definition) is 3. The molecule has 0 saturated carbocycles. The van der Waals surface area contributed by atoms with Crippen molar-refractivity contribution in [2.24, 2.45) is 7.05 Å².